The van der Waals surface area contributed by atoms with Gasteiger partial charge in [0.1, 0.15) is 39.7 Å². The molecular formula is C16H12N8O2S2. The molecule has 0 saturated heterocycles. The molecule has 0 radical (unpaired) electrons. The molecule has 1 aromatic carbocycles. The van der Waals surface area contributed by atoms with Crippen LogP contribution in [-0.4, -0.2) is 28.9 Å². The number of rotatable bonds is 4. The van der Waals surface area contributed by atoms with Crippen molar-refractivity contribution in [2.24, 2.45) is 20.5 Å². The third kappa shape index (κ3) is 3.42. The Hall–Kier alpha value is -3.38. The average Bonchev–Trinajstić information content (AvgIpc) is 3.31. The number of hydrogen-bond donors (Lipinski definition) is 2. The van der Waals surface area contributed by atoms with Crippen LogP contribution in [0.4, 0.5) is 21.5 Å². The van der Waals surface area contributed by atoms with E-state index in [1.165, 1.54) is 6.07 Å². The van der Waals surface area contributed by atoms with Crippen molar-refractivity contribution in [2.75, 3.05) is 0 Å². The molecule has 12 heteroatoms. The second kappa shape index (κ2) is 7.32. The van der Waals surface area contributed by atoms with Gasteiger partial charge >= 0.3 is 0 Å². The van der Waals surface area contributed by atoms with Crippen LogP contribution in [-0.2, 0) is 0 Å². The standard InChI is InChI=1S/C16H12N8O2S2/c1-7-13(25)10(19-21-15-12-9(24-27-15)4-3-5-17-12)6-11(14(7)26)20-22-16-18-8(2)23-28-16/h3-6,25-26H,1-2H3/b21-19+,22-20+. The number of aromatic hydroxyl groups is 2. The van der Waals surface area contributed by atoms with Gasteiger partial charge in [0, 0.05) is 29.4 Å². The van der Waals surface area contributed by atoms with Gasteiger partial charge in [0.15, 0.2) is 5.00 Å². The van der Waals surface area contributed by atoms with Crippen molar-refractivity contribution in [1.82, 2.24) is 18.7 Å². The maximum Gasteiger partial charge on any atom is 0.249 e. The summed E-state index contributed by atoms with van der Waals surface area (Å²) in [5, 5.41) is 37.6. The molecule has 0 aliphatic heterocycles. The molecule has 4 rings (SSSR count). The van der Waals surface area contributed by atoms with Gasteiger partial charge in [-0.3, -0.25) is 4.98 Å². The van der Waals surface area contributed by atoms with E-state index in [1.54, 1.807) is 26.1 Å². The van der Waals surface area contributed by atoms with Crippen LogP contribution in [0.1, 0.15) is 11.4 Å². The fraction of sp³-hybridized carbons (Fsp3) is 0.125. The van der Waals surface area contributed by atoms with Gasteiger partial charge in [0.2, 0.25) is 5.13 Å². The smallest absolute Gasteiger partial charge is 0.249 e. The Bertz CT molecular complexity index is 1230. The van der Waals surface area contributed by atoms with E-state index in [4.69, 9.17) is 0 Å². The summed E-state index contributed by atoms with van der Waals surface area (Å²) in [7, 11) is 0. The molecule has 0 aliphatic rings. The van der Waals surface area contributed by atoms with E-state index >= 15 is 0 Å². The van der Waals surface area contributed by atoms with Crippen molar-refractivity contribution < 1.29 is 10.2 Å². The van der Waals surface area contributed by atoms with Crippen molar-refractivity contribution in [2.45, 2.75) is 13.8 Å². The van der Waals surface area contributed by atoms with E-state index in [9.17, 15) is 10.2 Å². The molecule has 0 atom stereocenters. The fourth-order valence-electron chi connectivity index (χ4n) is 2.27. The second-order valence-electron chi connectivity index (χ2n) is 5.62. The molecular weight excluding hydrogens is 400 g/mol. The Kier molecular flexibility index (Phi) is 4.71. The lowest BCUT2D eigenvalue weighted by Crippen LogP contribution is -1.79. The van der Waals surface area contributed by atoms with E-state index in [-0.39, 0.29) is 28.4 Å². The van der Waals surface area contributed by atoms with Crippen molar-refractivity contribution in [3.63, 3.8) is 0 Å². The van der Waals surface area contributed by atoms with Gasteiger partial charge in [-0.05, 0) is 37.5 Å². The predicted molar refractivity (Wildman–Crippen MR) is 105 cm³/mol. The number of fused-ring (bicyclic) bond motifs is 1. The van der Waals surface area contributed by atoms with Crippen LogP contribution >= 0.6 is 23.1 Å². The minimum atomic E-state index is -0.202. The normalized spacial score (nSPS) is 11.9. The van der Waals surface area contributed by atoms with E-state index in [0.29, 0.717) is 21.5 Å². The number of phenolic OH excluding ortho intramolecular Hbond substituents is 2. The first-order valence-corrected chi connectivity index (χ1v) is 9.47. The predicted octanol–water partition coefficient (Wildman–Crippen LogP) is 5.40. The maximum atomic E-state index is 10.3. The molecule has 28 heavy (non-hydrogen) atoms. The molecule has 3 aromatic heterocycles. The molecule has 0 saturated carbocycles. The number of hydrogen-bond acceptors (Lipinski definition) is 12. The number of nitrogens with zero attached hydrogens (tertiary/aromatic N) is 8. The summed E-state index contributed by atoms with van der Waals surface area (Å²) < 4.78 is 8.26. The largest absolute Gasteiger partial charge is 0.505 e. The number of aryl methyl sites for hydroxylation is 1. The highest BCUT2D eigenvalue weighted by atomic mass is 32.1. The number of aromatic nitrogens is 4. The molecule has 0 spiro atoms. The summed E-state index contributed by atoms with van der Waals surface area (Å²) in [4.78, 5) is 8.31. The summed E-state index contributed by atoms with van der Waals surface area (Å²) in [5.41, 5.74) is 1.82. The third-order valence-electron chi connectivity index (χ3n) is 3.70. The molecule has 2 N–H and O–H groups in total. The summed E-state index contributed by atoms with van der Waals surface area (Å²) in [6.45, 7) is 3.29. The van der Waals surface area contributed by atoms with Gasteiger partial charge in [0.25, 0.3) is 0 Å². The highest BCUT2D eigenvalue weighted by Crippen LogP contribution is 2.44. The van der Waals surface area contributed by atoms with Crippen molar-refractivity contribution >= 4 is 55.6 Å². The van der Waals surface area contributed by atoms with Crippen LogP contribution in [0, 0.1) is 13.8 Å². The van der Waals surface area contributed by atoms with E-state index < -0.39 is 0 Å². The fourth-order valence-corrected chi connectivity index (χ4v) is 3.43. The molecule has 3 heterocycles. The van der Waals surface area contributed by atoms with Crippen molar-refractivity contribution in [3.8, 4) is 11.5 Å². The lowest BCUT2D eigenvalue weighted by atomic mass is 10.1. The van der Waals surface area contributed by atoms with Gasteiger partial charge < -0.3 is 10.2 Å². The molecule has 140 valence electrons. The second-order valence-corrected chi connectivity index (χ2v) is 7.10. The van der Waals surface area contributed by atoms with Crippen LogP contribution < -0.4 is 0 Å². The molecule has 10 nitrogen and oxygen atoms in total. The average molecular weight is 412 g/mol. The third-order valence-corrected chi connectivity index (χ3v) is 5.12. The van der Waals surface area contributed by atoms with E-state index in [0.717, 1.165) is 28.6 Å². The van der Waals surface area contributed by atoms with Crippen LogP contribution in [0.25, 0.3) is 11.0 Å². The molecule has 0 unspecified atom stereocenters. The molecule has 0 aliphatic carbocycles. The number of benzene rings is 1. The van der Waals surface area contributed by atoms with Crippen LogP contribution in [0.2, 0.25) is 0 Å². The van der Waals surface area contributed by atoms with Gasteiger partial charge in [-0.2, -0.15) is 8.75 Å². The monoisotopic (exact) mass is 412 g/mol. The summed E-state index contributed by atoms with van der Waals surface area (Å²) in [5.74, 6) is 0.185. The summed E-state index contributed by atoms with van der Waals surface area (Å²) in [6.07, 6.45) is 1.64. The van der Waals surface area contributed by atoms with Gasteiger partial charge in [-0.25, -0.2) is 4.98 Å². The first-order valence-electron chi connectivity index (χ1n) is 7.92. The van der Waals surface area contributed by atoms with Gasteiger partial charge in [-0.1, -0.05) is 0 Å². The lowest BCUT2D eigenvalue weighted by molar-refractivity contribution is 0.445. The van der Waals surface area contributed by atoms with Gasteiger partial charge in [0.05, 0.1) is 0 Å². The highest BCUT2D eigenvalue weighted by Gasteiger charge is 2.15. The van der Waals surface area contributed by atoms with Crippen LogP contribution in [0.5, 0.6) is 11.5 Å². The number of phenols is 2. The number of pyridine rings is 1. The number of azo groups is 2. The van der Waals surface area contributed by atoms with Crippen LogP contribution in [0.15, 0.2) is 44.9 Å². The first kappa shape index (κ1) is 18.0. The highest BCUT2D eigenvalue weighted by molar-refractivity contribution is 7.11. The molecule has 0 amide bonds. The van der Waals surface area contributed by atoms with E-state index in [1.807, 2.05) is 6.07 Å². The summed E-state index contributed by atoms with van der Waals surface area (Å²) in [6, 6.07) is 5.00. The topological polar surface area (TPSA) is 141 Å². The minimum Gasteiger partial charge on any atom is -0.505 e. The zero-order valence-corrected chi connectivity index (χ0v) is 16.2. The van der Waals surface area contributed by atoms with Crippen molar-refractivity contribution in [3.05, 3.63) is 35.8 Å². The van der Waals surface area contributed by atoms with Crippen LogP contribution in [0.3, 0.4) is 0 Å². The molecule has 0 fully saturated rings. The van der Waals surface area contributed by atoms with Crippen molar-refractivity contribution in [1.29, 1.82) is 0 Å². The lowest BCUT2D eigenvalue weighted by Gasteiger charge is -2.06. The Labute approximate surface area is 166 Å². The quantitative estimate of drug-likeness (QED) is 0.430. The molecule has 0 bridgehead atoms. The zero-order valence-electron chi connectivity index (χ0n) is 14.6. The Morgan fingerprint density at radius 2 is 1.68 bits per heavy atom. The SMILES string of the molecule is Cc1nsc(/N=N/c2cc(/N=N/c3snc4cccnc34)c(O)c(C)c2O)n1. The summed E-state index contributed by atoms with van der Waals surface area (Å²) >= 11 is 2.24. The Morgan fingerprint density at radius 3 is 2.39 bits per heavy atom. The molecule has 4 aromatic rings. The van der Waals surface area contributed by atoms with Gasteiger partial charge in [-0.15, -0.1) is 20.5 Å². The maximum absolute atomic E-state index is 10.3. The Morgan fingerprint density at radius 1 is 0.929 bits per heavy atom. The Balaban J connectivity index is 1.70. The zero-order chi connectivity index (χ0) is 19.7. The van der Waals surface area contributed by atoms with E-state index in [2.05, 4.69) is 39.2 Å². The minimum absolute atomic E-state index is 0.129. The first-order chi connectivity index (χ1) is 13.5.